The summed E-state index contributed by atoms with van der Waals surface area (Å²) in [6.07, 6.45) is 3.45. The zero-order chi connectivity index (χ0) is 27.4. The van der Waals surface area contributed by atoms with E-state index in [1.54, 1.807) is 0 Å². The second kappa shape index (κ2) is 18.9. The van der Waals surface area contributed by atoms with Crippen molar-refractivity contribution in [1.82, 2.24) is 16.0 Å². The fourth-order valence-electron chi connectivity index (χ4n) is 4.05. The summed E-state index contributed by atoms with van der Waals surface area (Å²) in [5, 5.41) is 9.91. The molecule has 0 spiro atoms. The van der Waals surface area contributed by atoms with Crippen molar-refractivity contribution >= 4 is 5.91 Å². The van der Waals surface area contributed by atoms with Crippen LogP contribution in [0, 0.1) is 0 Å². The number of rotatable bonds is 20. The van der Waals surface area contributed by atoms with Crippen molar-refractivity contribution in [3.8, 4) is 5.75 Å². The van der Waals surface area contributed by atoms with Gasteiger partial charge >= 0.3 is 0 Å². The zero-order valence-corrected chi connectivity index (χ0v) is 22.9. The summed E-state index contributed by atoms with van der Waals surface area (Å²) in [6.45, 7) is 6.05. The Bertz CT molecular complexity index is 1030. The first-order valence-corrected chi connectivity index (χ1v) is 14.1. The maximum Gasteiger partial charge on any atom is 0.253 e. The van der Waals surface area contributed by atoms with Crippen molar-refractivity contribution in [3.05, 3.63) is 102 Å². The number of hydrogen-bond donors (Lipinski definition) is 4. The molecule has 0 saturated heterocycles. The van der Waals surface area contributed by atoms with Gasteiger partial charge in [-0.3, -0.25) is 4.79 Å². The van der Waals surface area contributed by atoms with Gasteiger partial charge < -0.3 is 31.2 Å². The Morgan fingerprint density at radius 1 is 0.667 bits per heavy atom. The van der Waals surface area contributed by atoms with Crippen molar-refractivity contribution in [2.75, 3.05) is 39.3 Å². The Morgan fingerprint density at radius 2 is 1.23 bits per heavy atom. The highest BCUT2D eigenvalue weighted by molar-refractivity contribution is 5.82. The molecular formula is C32H44N4O3. The van der Waals surface area contributed by atoms with E-state index in [1.807, 2.05) is 84.9 Å². The van der Waals surface area contributed by atoms with Gasteiger partial charge in [0.2, 0.25) is 0 Å². The van der Waals surface area contributed by atoms with Gasteiger partial charge in [0.05, 0.1) is 6.61 Å². The Balaban J connectivity index is 1.43. The summed E-state index contributed by atoms with van der Waals surface area (Å²) in [6, 6.07) is 27.5. The predicted molar refractivity (Wildman–Crippen MR) is 157 cm³/mol. The van der Waals surface area contributed by atoms with Gasteiger partial charge in [-0.1, -0.05) is 72.8 Å². The maximum atomic E-state index is 13.1. The molecule has 0 aromatic heterocycles. The third-order valence-electron chi connectivity index (χ3n) is 6.27. The molecule has 210 valence electrons. The number of nitrogens with two attached hydrogens (primary N) is 1. The van der Waals surface area contributed by atoms with Crippen LogP contribution in [0.3, 0.4) is 0 Å². The molecule has 0 radical (unpaired) electrons. The number of amides is 1. The Labute approximate surface area is 233 Å². The number of nitrogens with one attached hydrogen (secondary N) is 3. The first-order valence-electron chi connectivity index (χ1n) is 14.1. The minimum atomic E-state index is -0.701. The van der Waals surface area contributed by atoms with Crippen molar-refractivity contribution in [3.63, 3.8) is 0 Å². The molecule has 7 nitrogen and oxygen atoms in total. The lowest BCUT2D eigenvalue weighted by Gasteiger charge is -2.19. The lowest BCUT2D eigenvalue weighted by molar-refractivity contribution is -0.134. The molecule has 1 atom stereocenters. The average Bonchev–Trinajstić information content (AvgIpc) is 2.98. The SMILES string of the molecule is NCCCNCCCCNCCCNC(=O)C(OCc1ccccc1)c1ccc(OCc2ccccc2)cc1. The van der Waals surface area contributed by atoms with E-state index < -0.39 is 6.10 Å². The number of hydrogen-bond acceptors (Lipinski definition) is 6. The van der Waals surface area contributed by atoms with Crippen molar-refractivity contribution in [1.29, 1.82) is 0 Å². The highest BCUT2D eigenvalue weighted by atomic mass is 16.5. The summed E-state index contributed by atoms with van der Waals surface area (Å²) in [4.78, 5) is 13.1. The summed E-state index contributed by atoms with van der Waals surface area (Å²) >= 11 is 0. The van der Waals surface area contributed by atoms with Crippen molar-refractivity contribution < 1.29 is 14.3 Å². The minimum absolute atomic E-state index is 0.132. The van der Waals surface area contributed by atoms with E-state index in [0.29, 0.717) is 19.8 Å². The van der Waals surface area contributed by atoms with E-state index in [-0.39, 0.29) is 5.91 Å². The van der Waals surface area contributed by atoms with Gasteiger partial charge in [-0.2, -0.15) is 0 Å². The molecule has 3 rings (SSSR count). The summed E-state index contributed by atoms with van der Waals surface area (Å²) < 4.78 is 12.0. The number of ether oxygens (including phenoxy) is 2. The maximum absolute atomic E-state index is 13.1. The molecule has 0 aliphatic heterocycles. The van der Waals surface area contributed by atoms with Gasteiger partial charge in [-0.15, -0.1) is 0 Å². The van der Waals surface area contributed by atoms with Gasteiger partial charge in [0.15, 0.2) is 6.10 Å². The first-order chi connectivity index (χ1) is 19.3. The molecule has 7 heteroatoms. The Morgan fingerprint density at radius 3 is 1.85 bits per heavy atom. The molecule has 5 N–H and O–H groups in total. The normalized spacial score (nSPS) is 11.7. The topological polar surface area (TPSA) is 97.6 Å². The molecule has 0 aliphatic carbocycles. The summed E-state index contributed by atoms with van der Waals surface area (Å²) in [5.74, 6) is 0.620. The molecule has 0 bridgehead atoms. The molecule has 0 heterocycles. The molecule has 0 aliphatic rings. The second-order valence-corrected chi connectivity index (χ2v) is 9.51. The summed E-state index contributed by atoms with van der Waals surface area (Å²) in [5.41, 5.74) is 8.43. The van der Waals surface area contributed by atoms with E-state index in [1.165, 1.54) is 0 Å². The molecule has 1 amide bonds. The molecular weight excluding hydrogens is 488 g/mol. The molecule has 1 unspecified atom stereocenters. The smallest absolute Gasteiger partial charge is 0.253 e. The van der Waals surface area contributed by atoms with Crippen LogP contribution in [-0.4, -0.2) is 45.2 Å². The van der Waals surface area contributed by atoms with Crippen LogP contribution in [0.2, 0.25) is 0 Å². The van der Waals surface area contributed by atoms with Crippen LogP contribution in [-0.2, 0) is 22.7 Å². The third-order valence-corrected chi connectivity index (χ3v) is 6.27. The van der Waals surface area contributed by atoms with Crippen LogP contribution in [0.5, 0.6) is 5.75 Å². The third kappa shape index (κ3) is 12.4. The second-order valence-electron chi connectivity index (χ2n) is 9.51. The van der Waals surface area contributed by atoms with Crippen LogP contribution in [0.25, 0.3) is 0 Å². The van der Waals surface area contributed by atoms with Gasteiger partial charge in [0, 0.05) is 6.54 Å². The number of carbonyl (C=O) groups excluding carboxylic acids is 1. The molecule has 0 fully saturated rings. The van der Waals surface area contributed by atoms with Crippen LogP contribution < -0.4 is 26.4 Å². The Kier molecular flexibility index (Phi) is 14.7. The lowest BCUT2D eigenvalue weighted by atomic mass is 10.1. The van der Waals surface area contributed by atoms with Gasteiger partial charge in [0.25, 0.3) is 5.91 Å². The average molecular weight is 533 g/mol. The molecule has 3 aromatic rings. The first kappa shape index (κ1) is 30.3. The molecule has 39 heavy (non-hydrogen) atoms. The van der Waals surface area contributed by atoms with Gasteiger partial charge in [-0.25, -0.2) is 0 Å². The fourth-order valence-corrected chi connectivity index (χ4v) is 4.05. The quantitative estimate of drug-likeness (QED) is 0.162. The molecule has 3 aromatic carbocycles. The molecule has 0 saturated carbocycles. The monoisotopic (exact) mass is 532 g/mol. The highest BCUT2D eigenvalue weighted by Crippen LogP contribution is 2.23. The van der Waals surface area contributed by atoms with Crippen LogP contribution in [0.4, 0.5) is 0 Å². The van der Waals surface area contributed by atoms with Crippen LogP contribution >= 0.6 is 0 Å². The van der Waals surface area contributed by atoms with E-state index in [9.17, 15) is 4.79 Å². The van der Waals surface area contributed by atoms with E-state index >= 15 is 0 Å². The van der Waals surface area contributed by atoms with Crippen LogP contribution in [0.1, 0.15) is 48.5 Å². The van der Waals surface area contributed by atoms with Gasteiger partial charge in [-0.05, 0) is 87.2 Å². The van der Waals surface area contributed by atoms with Crippen molar-refractivity contribution in [2.45, 2.75) is 45.0 Å². The fraction of sp³-hybridized carbons (Fsp3) is 0.406. The van der Waals surface area contributed by atoms with Crippen LogP contribution in [0.15, 0.2) is 84.9 Å². The lowest BCUT2D eigenvalue weighted by Crippen LogP contribution is -2.33. The Hall–Kier alpha value is -3.23. The van der Waals surface area contributed by atoms with E-state index in [0.717, 1.165) is 80.8 Å². The minimum Gasteiger partial charge on any atom is -0.489 e. The largest absolute Gasteiger partial charge is 0.489 e. The highest BCUT2D eigenvalue weighted by Gasteiger charge is 2.21. The number of carbonyl (C=O) groups is 1. The number of unbranched alkanes of at least 4 members (excludes halogenated alkanes) is 1. The number of benzene rings is 3. The van der Waals surface area contributed by atoms with E-state index in [4.69, 9.17) is 15.2 Å². The predicted octanol–water partition coefficient (Wildman–Crippen LogP) is 4.34. The standard InChI is InChI=1S/C32H44N4O3/c33-19-9-22-34-20-7-8-21-35-23-10-24-36-32(37)31(39-26-28-13-5-2-6-14-28)29-15-17-30(18-16-29)38-25-27-11-3-1-4-12-27/h1-6,11-18,31,34-35H,7-10,19-26,33H2,(H,36,37). The van der Waals surface area contributed by atoms with Crippen molar-refractivity contribution in [2.24, 2.45) is 5.73 Å². The van der Waals surface area contributed by atoms with Gasteiger partial charge in [0.1, 0.15) is 12.4 Å². The van der Waals surface area contributed by atoms with E-state index in [2.05, 4.69) is 16.0 Å². The summed E-state index contributed by atoms with van der Waals surface area (Å²) in [7, 11) is 0. The zero-order valence-electron chi connectivity index (χ0n) is 22.9.